The van der Waals surface area contributed by atoms with E-state index in [1.54, 1.807) is 13.2 Å². The lowest BCUT2D eigenvalue weighted by Crippen LogP contribution is -2.30. The van der Waals surface area contributed by atoms with Crippen molar-refractivity contribution in [1.82, 2.24) is 9.78 Å². The Labute approximate surface area is 134 Å². The predicted molar refractivity (Wildman–Crippen MR) is 79.4 cm³/mol. The monoisotopic (exact) mass is 344 g/mol. The molecule has 1 aromatic heterocycles. The summed E-state index contributed by atoms with van der Waals surface area (Å²) in [6.45, 7) is 1.38. The number of nitro benzene ring substituents is 1. The summed E-state index contributed by atoms with van der Waals surface area (Å²) in [5, 5.41) is 27.7. The number of nitro groups is 1. The second-order valence-corrected chi connectivity index (χ2v) is 5.52. The number of anilines is 1. The van der Waals surface area contributed by atoms with Crippen LogP contribution < -0.4 is 5.32 Å². The van der Waals surface area contributed by atoms with Crippen LogP contribution in [0.1, 0.15) is 18.1 Å². The summed E-state index contributed by atoms with van der Waals surface area (Å²) in [5.41, 5.74) is -3.26. The van der Waals surface area contributed by atoms with Crippen LogP contribution in [0.3, 0.4) is 0 Å². The van der Waals surface area contributed by atoms with Gasteiger partial charge < -0.3 is 10.4 Å². The molecule has 2 rings (SSSR count). The Bertz CT molecular complexity index is 756. The zero-order valence-electron chi connectivity index (χ0n) is 12.8. The summed E-state index contributed by atoms with van der Waals surface area (Å²) in [7, 11) is 1.67. The Kier molecular flexibility index (Phi) is 4.52. The fraction of sp³-hybridized carbons (Fsp3) is 0.357. The fourth-order valence-corrected chi connectivity index (χ4v) is 2.11. The maximum atomic E-state index is 12.9. The first-order valence-corrected chi connectivity index (χ1v) is 6.82. The average Bonchev–Trinajstić information content (AvgIpc) is 2.91. The Morgan fingerprint density at radius 3 is 2.58 bits per heavy atom. The zero-order chi connectivity index (χ0) is 18.1. The van der Waals surface area contributed by atoms with Crippen molar-refractivity contribution in [2.45, 2.75) is 18.7 Å². The smallest absolute Gasteiger partial charge is 0.383 e. The number of nitrogens with one attached hydrogen (secondary N) is 1. The summed E-state index contributed by atoms with van der Waals surface area (Å²) in [6.07, 6.45) is -1.83. The van der Waals surface area contributed by atoms with Crippen LogP contribution in [0.25, 0.3) is 0 Å². The molecule has 0 aliphatic rings. The lowest BCUT2D eigenvalue weighted by atomic mass is 9.99. The number of hydrogen-bond acceptors (Lipinski definition) is 5. The molecule has 1 heterocycles. The van der Waals surface area contributed by atoms with Gasteiger partial charge in [0, 0.05) is 37.1 Å². The van der Waals surface area contributed by atoms with Crippen LogP contribution in [-0.2, 0) is 18.8 Å². The summed E-state index contributed by atoms with van der Waals surface area (Å²) in [4.78, 5) is 9.64. The highest BCUT2D eigenvalue weighted by molar-refractivity contribution is 5.55. The highest BCUT2D eigenvalue weighted by Crippen LogP contribution is 2.37. The first-order valence-electron chi connectivity index (χ1n) is 6.82. The number of nitrogens with zero attached hydrogens (tertiary/aromatic N) is 3. The normalized spacial score (nSPS) is 14.2. The number of aliphatic hydroxyl groups is 1. The Hall–Kier alpha value is -2.62. The van der Waals surface area contributed by atoms with E-state index < -0.39 is 28.0 Å². The van der Waals surface area contributed by atoms with E-state index >= 15 is 0 Å². The number of rotatable bonds is 5. The van der Waals surface area contributed by atoms with Crippen LogP contribution in [0.2, 0.25) is 0 Å². The lowest BCUT2D eigenvalue weighted by molar-refractivity contribution is -0.388. The van der Waals surface area contributed by atoms with E-state index in [0.717, 1.165) is 12.1 Å². The fourth-order valence-electron chi connectivity index (χ4n) is 2.11. The van der Waals surface area contributed by atoms with E-state index in [9.17, 15) is 28.4 Å². The predicted octanol–water partition coefficient (Wildman–Crippen LogP) is 2.67. The SMILES string of the molecule is Cn1cc(C(C)(O)CNc2ccc([N+](=O)[O-])c(C(F)(F)F)c2)cn1. The number of benzene rings is 1. The van der Waals surface area contributed by atoms with Crippen LogP contribution in [0.15, 0.2) is 30.6 Å². The number of alkyl halides is 3. The highest BCUT2D eigenvalue weighted by Gasteiger charge is 2.38. The molecule has 0 aliphatic heterocycles. The molecule has 130 valence electrons. The first-order chi connectivity index (χ1) is 11.0. The third-order valence-corrected chi connectivity index (χ3v) is 3.46. The van der Waals surface area contributed by atoms with Crippen molar-refractivity contribution >= 4 is 11.4 Å². The summed E-state index contributed by atoms with van der Waals surface area (Å²) in [5.74, 6) is 0. The van der Waals surface area contributed by atoms with Gasteiger partial charge in [0.25, 0.3) is 5.69 Å². The molecule has 0 spiro atoms. The first kappa shape index (κ1) is 17.7. The van der Waals surface area contributed by atoms with Gasteiger partial charge >= 0.3 is 6.18 Å². The van der Waals surface area contributed by atoms with Crippen molar-refractivity contribution in [1.29, 1.82) is 0 Å². The number of hydrogen-bond donors (Lipinski definition) is 2. The number of halogens is 3. The molecule has 10 heteroatoms. The summed E-state index contributed by atoms with van der Waals surface area (Å²) >= 11 is 0. The Balaban J connectivity index is 2.23. The quantitative estimate of drug-likeness (QED) is 0.642. The average molecular weight is 344 g/mol. The van der Waals surface area contributed by atoms with E-state index in [0.29, 0.717) is 11.6 Å². The van der Waals surface area contributed by atoms with E-state index in [-0.39, 0.29) is 12.2 Å². The van der Waals surface area contributed by atoms with E-state index in [2.05, 4.69) is 10.4 Å². The standard InChI is InChI=1S/C14H15F3N4O3/c1-13(22,9-6-19-20(2)7-9)8-18-10-3-4-12(21(23)24)11(5-10)14(15,16)17/h3-7,18,22H,8H2,1-2H3. The molecule has 0 fully saturated rings. The van der Waals surface area contributed by atoms with Crippen LogP contribution in [0.4, 0.5) is 24.5 Å². The topological polar surface area (TPSA) is 93.2 Å². The van der Waals surface area contributed by atoms with Crippen LogP contribution >= 0.6 is 0 Å². The van der Waals surface area contributed by atoms with Gasteiger partial charge in [-0.25, -0.2) is 0 Å². The van der Waals surface area contributed by atoms with Gasteiger partial charge in [0.05, 0.1) is 11.1 Å². The molecule has 0 aliphatic carbocycles. The minimum absolute atomic E-state index is 0.0112. The number of aromatic nitrogens is 2. The van der Waals surface area contributed by atoms with Crippen molar-refractivity contribution in [2.24, 2.45) is 7.05 Å². The Morgan fingerprint density at radius 2 is 2.08 bits per heavy atom. The highest BCUT2D eigenvalue weighted by atomic mass is 19.4. The summed E-state index contributed by atoms with van der Waals surface area (Å²) in [6, 6.07) is 2.59. The molecule has 0 amide bonds. The van der Waals surface area contributed by atoms with Gasteiger partial charge in [-0.2, -0.15) is 18.3 Å². The van der Waals surface area contributed by atoms with Crippen LogP contribution in [-0.4, -0.2) is 26.4 Å². The minimum Gasteiger partial charge on any atom is -0.383 e. The minimum atomic E-state index is -4.86. The lowest BCUT2D eigenvalue weighted by Gasteiger charge is -2.23. The van der Waals surface area contributed by atoms with E-state index in [1.807, 2.05) is 0 Å². The second kappa shape index (κ2) is 6.11. The van der Waals surface area contributed by atoms with Crippen LogP contribution in [0, 0.1) is 10.1 Å². The zero-order valence-corrected chi connectivity index (χ0v) is 12.8. The van der Waals surface area contributed by atoms with Crippen LogP contribution in [0.5, 0.6) is 0 Å². The molecule has 1 aromatic carbocycles. The molecular weight excluding hydrogens is 329 g/mol. The van der Waals surface area contributed by atoms with Gasteiger partial charge in [0.15, 0.2) is 0 Å². The van der Waals surface area contributed by atoms with Crippen molar-refractivity contribution in [3.8, 4) is 0 Å². The van der Waals surface area contributed by atoms with Gasteiger partial charge in [0.1, 0.15) is 11.2 Å². The summed E-state index contributed by atoms with van der Waals surface area (Å²) < 4.78 is 40.3. The van der Waals surface area contributed by atoms with Gasteiger partial charge in [0.2, 0.25) is 0 Å². The van der Waals surface area contributed by atoms with Crippen molar-refractivity contribution < 1.29 is 23.2 Å². The Morgan fingerprint density at radius 1 is 1.42 bits per heavy atom. The van der Waals surface area contributed by atoms with Gasteiger partial charge in [-0.05, 0) is 19.1 Å². The van der Waals surface area contributed by atoms with E-state index in [4.69, 9.17) is 0 Å². The maximum Gasteiger partial charge on any atom is 0.423 e. The number of aryl methyl sites for hydroxylation is 1. The maximum absolute atomic E-state index is 12.9. The molecule has 0 bridgehead atoms. The van der Waals surface area contributed by atoms with E-state index in [1.165, 1.54) is 17.8 Å². The molecule has 2 N–H and O–H groups in total. The molecule has 2 aromatic rings. The van der Waals surface area contributed by atoms with Gasteiger partial charge in [-0.15, -0.1) is 0 Å². The van der Waals surface area contributed by atoms with Crippen molar-refractivity contribution in [2.75, 3.05) is 11.9 Å². The van der Waals surface area contributed by atoms with Crippen molar-refractivity contribution in [3.63, 3.8) is 0 Å². The molecule has 0 radical (unpaired) electrons. The molecule has 1 unspecified atom stereocenters. The molecular formula is C14H15F3N4O3. The van der Waals surface area contributed by atoms with Gasteiger partial charge in [-0.3, -0.25) is 14.8 Å². The third kappa shape index (κ3) is 3.82. The molecule has 0 saturated heterocycles. The molecule has 7 nitrogen and oxygen atoms in total. The third-order valence-electron chi connectivity index (χ3n) is 3.46. The van der Waals surface area contributed by atoms with Crippen molar-refractivity contribution in [3.05, 3.63) is 51.8 Å². The molecule has 0 saturated carbocycles. The van der Waals surface area contributed by atoms with Gasteiger partial charge in [-0.1, -0.05) is 0 Å². The molecule has 24 heavy (non-hydrogen) atoms. The largest absolute Gasteiger partial charge is 0.423 e. The molecule has 1 atom stereocenters. The second-order valence-electron chi connectivity index (χ2n) is 5.52.